The number of sulfone groups is 1. The van der Waals surface area contributed by atoms with E-state index >= 15 is 0 Å². The zero-order valence-corrected chi connectivity index (χ0v) is 25.3. The number of unbranched alkanes of at least 4 members (excludes halogenated alkanes) is 2. The van der Waals surface area contributed by atoms with Crippen LogP contribution in [0.25, 0.3) is 0 Å². The number of benzene rings is 2. The first-order valence-corrected chi connectivity index (χ1v) is 16.8. The highest BCUT2D eigenvalue weighted by Gasteiger charge is 2.42. The molecule has 3 rings (SSSR count). The normalized spacial score (nSPS) is 15.9. The summed E-state index contributed by atoms with van der Waals surface area (Å²) >= 11 is 1.49. The molecule has 1 aliphatic rings. The topological polar surface area (TPSA) is 124 Å². The van der Waals surface area contributed by atoms with Crippen molar-refractivity contribution in [2.45, 2.75) is 87.6 Å². The van der Waals surface area contributed by atoms with Crippen LogP contribution in [0.1, 0.15) is 70.8 Å². The maximum Gasteiger partial charge on any atom is 0.304 e. The second-order valence-corrected chi connectivity index (χ2v) is 13.6. The van der Waals surface area contributed by atoms with Crippen LogP contribution in [0.2, 0.25) is 0 Å². The number of hydrogen-bond acceptors (Lipinski definition) is 7. The minimum atomic E-state index is -3.68. The smallest absolute Gasteiger partial charge is 0.304 e. The first kappa shape index (κ1) is 32.0. The number of fused-ring (bicyclic) bond motifs is 1. The molecule has 2 aromatic rings. The molecule has 0 saturated heterocycles. The molecule has 1 heterocycles. The van der Waals surface area contributed by atoms with Gasteiger partial charge in [-0.25, -0.2) is 8.42 Å². The van der Waals surface area contributed by atoms with E-state index in [1.807, 2.05) is 42.7 Å². The van der Waals surface area contributed by atoms with Crippen LogP contribution in [0.3, 0.4) is 0 Å². The minimum absolute atomic E-state index is 0.0719. The van der Waals surface area contributed by atoms with Crippen LogP contribution >= 0.6 is 11.8 Å². The molecule has 0 aromatic heterocycles. The molecule has 3 N–H and O–H groups in total. The number of carboxylic acid groups (broad SMARTS) is 2. The van der Waals surface area contributed by atoms with Crippen LogP contribution in [0.5, 0.6) is 0 Å². The number of carbonyl (C=O) groups is 2. The van der Waals surface area contributed by atoms with Gasteiger partial charge in [0.05, 0.1) is 29.2 Å². The standard InChI is InChI=1S/C30H42N2O6S2/c1-4-6-13-30(14-7-5-2)20-32(24-11-9-8-10-12-24)25-18-26(39-3)22(15-27(25)40(37,38)21-30)19-31-23(16-28(33)34)17-29(35)36/h8-12,15,18,23,31H,4-7,13-14,16-17,19-21H2,1-3H3,(H,33,34)(H,35,36). The summed E-state index contributed by atoms with van der Waals surface area (Å²) in [6, 6.07) is 12.8. The number of aliphatic carboxylic acids is 2. The Morgan fingerprint density at radius 1 is 1.02 bits per heavy atom. The van der Waals surface area contributed by atoms with E-state index in [0.29, 0.717) is 17.8 Å². The van der Waals surface area contributed by atoms with Crippen LogP contribution in [-0.2, 0) is 26.0 Å². The summed E-state index contributed by atoms with van der Waals surface area (Å²) in [5.74, 6) is -2.12. The minimum Gasteiger partial charge on any atom is -0.481 e. The molecule has 0 fully saturated rings. The number of nitrogens with one attached hydrogen (secondary N) is 1. The molecule has 10 heteroatoms. The van der Waals surface area contributed by atoms with E-state index in [4.69, 9.17) is 0 Å². The summed E-state index contributed by atoms with van der Waals surface area (Å²) in [5, 5.41) is 21.5. The summed E-state index contributed by atoms with van der Waals surface area (Å²) < 4.78 is 28.4. The van der Waals surface area contributed by atoms with Gasteiger partial charge < -0.3 is 20.4 Å². The van der Waals surface area contributed by atoms with E-state index in [-0.39, 0.29) is 30.0 Å². The average Bonchev–Trinajstić information content (AvgIpc) is 3.00. The van der Waals surface area contributed by atoms with Crippen molar-refractivity contribution in [3.8, 4) is 0 Å². The van der Waals surface area contributed by atoms with Gasteiger partial charge in [-0.3, -0.25) is 9.59 Å². The van der Waals surface area contributed by atoms with Crippen LogP contribution < -0.4 is 10.2 Å². The summed E-state index contributed by atoms with van der Waals surface area (Å²) in [4.78, 5) is 25.9. The second-order valence-electron chi connectivity index (χ2n) is 10.8. The Bertz CT molecular complexity index is 1240. The molecule has 220 valence electrons. The third-order valence-electron chi connectivity index (χ3n) is 7.59. The van der Waals surface area contributed by atoms with Gasteiger partial charge in [0.25, 0.3) is 0 Å². The number of nitrogens with zero attached hydrogens (tertiary/aromatic N) is 1. The fourth-order valence-electron chi connectivity index (χ4n) is 5.59. The highest BCUT2D eigenvalue weighted by molar-refractivity contribution is 7.98. The number of carboxylic acids is 2. The Kier molecular flexibility index (Phi) is 11.5. The van der Waals surface area contributed by atoms with E-state index in [1.54, 1.807) is 6.07 Å². The van der Waals surface area contributed by atoms with E-state index in [1.165, 1.54) is 11.8 Å². The predicted molar refractivity (Wildman–Crippen MR) is 160 cm³/mol. The average molecular weight is 591 g/mol. The fourth-order valence-corrected chi connectivity index (χ4v) is 8.36. The van der Waals surface area contributed by atoms with Gasteiger partial charge >= 0.3 is 11.9 Å². The Morgan fingerprint density at radius 3 is 2.15 bits per heavy atom. The molecule has 0 spiro atoms. The van der Waals surface area contributed by atoms with Gasteiger partial charge in [0, 0.05) is 35.1 Å². The molecule has 2 aromatic carbocycles. The zero-order valence-electron chi connectivity index (χ0n) is 23.7. The highest BCUT2D eigenvalue weighted by atomic mass is 32.2. The molecule has 1 aliphatic heterocycles. The van der Waals surface area contributed by atoms with Gasteiger partial charge in [0.1, 0.15) is 0 Å². The monoisotopic (exact) mass is 590 g/mol. The quantitative estimate of drug-likeness (QED) is 0.211. The summed E-state index contributed by atoms with van der Waals surface area (Å²) in [6.45, 7) is 5.03. The van der Waals surface area contributed by atoms with Crippen molar-refractivity contribution in [3.63, 3.8) is 0 Å². The molecule has 0 bridgehead atoms. The molecule has 8 nitrogen and oxygen atoms in total. The van der Waals surface area contributed by atoms with E-state index in [2.05, 4.69) is 24.1 Å². The third-order valence-corrected chi connectivity index (χ3v) is 10.4. The number of hydrogen-bond donors (Lipinski definition) is 3. The largest absolute Gasteiger partial charge is 0.481 e. The molecule has 0 saturated carbocycles. The maximum atomic E-state index is 14.2. The summed E-state index contributed by atoms with van der Waals surface area (Å²) in [6.07, 6.45) is 6.79. The molecule has 0 amide bonds. The van der Waals surface area contributed by atoms with Crippen molar-refractivity contribution in [2.24, 2.45) is 5.41 Å². The molecule has 40 heavy (non-hydrogen) atoms. The SMILES string of the molecule is CCCCC1(CCCC)CN(c2ccccc2)c2cc(SC)c(CNC(CC(=O)O)CC(=O)O)cc2S(=O)(=O)C1. The Labute approximate surface area is 242 Å². The molecule has 0 unspecified atom stereocenters. The molecule has 0 atom stereocenters. The van der Waals surface area contributed by atoms with Crippen molar-refractivity contribution in [1.82, 2.24) is 5.32 Å². The van der Waals surface area contributed by atoms with Gasteiger partial charge in [0.2, 0.25) is 0 Å². The van der Waals surface area contributed by atoms with Crippen molar-refractivity contribution in [2.75, 3.05) is 23.5 Å². The van der Waals surface area contributed by atoms with Crippen LogP contribution in [0, 0.1) is 5.41 Å². The van der Waals surface area contributed by atoms with Crippen molar-refractivity contribution in [1.29, 1.82) is 0 Å². The molecule has 0 radical (unpaired) electrons. The van der Waals surface area contributed by atoms with E-state index in [9.17, 15) is 28.2 Å². The van der Waals surface area contributed by atoms with Crippen molar-refractivity contribution < 1.29 is 28.2 Å². The Morgan fingerprint density at radius 2 is 1.62 bits per heavy atom. The van der Waals surface area contributed by atoms with Crippen LogP contribution in [-0.4, -0.2) is 55.2 Å². The van der Waals surface area contributed by atoms with E-state index < -0.39 is 33.2 Å². The highest BCUT2D eigenvalue weighted by Crippen LogP contribution is 2.46. The molecule has 0 aliphatic carbocycles. The van der Waals surface area contributed by atoms with Gasteiger partial charge in [-0.15, -0.1) is 11.8 Å². The summed E-state index contributed by atoms with van der Waals surface area (Å²) in [5.41, 5.74) is 1.91. The lowest BCUT2D eigenvalue weighted by Gasteiger charge is -2.37. The number of para-hydroxylation sites is 1. The predicted octanol–water partition coefficient (Wildman–Crippen LogP) is 6.11. The van der Waals surface area contributed by atoms with Crippen LogP contribution in [0.4, 0.5) is 11.4 Å². The van der Waals surface area contributed by atoms with Crippen molar-refractivity contribution >= 4 is 44.9 Å². The zero-order chi connectivity index (χ0) is 29.3. The maximum absolute atomic E-state index is 14.2. The second kappa shape index (κ2) is 14.4. The van der Waals surface area contributed by atoms with E-state index in [0.717, 1.165) is 49.1 Å². The lowest BCUT2D eigenvalue weighted by atomic mass is 9.79. The fraction of sp³-hybridized carbons (Fsp3) is 0.533. The van der Waals surface area contributed by atoms with Gasteiger partial charge in [-0.2, -0.15) is 0 Å². The first-order valence-electron chi connectivity index (χ1n) is 14.0. The molecular formula is C30H42N2O6S2. The van der Waals surface area contributed by atoms with Crippen molar-refractivity contribution in [3.05, 3.63) is 48.0 Å². The number of thioether (sulfide) groups is 1. The number of rotatable bonds is 15. The Hall–Kier alpha value is -2.56. The third kappa shape index (κ3) is 8.24. The summed E-state index contributed by atoms with van der Waals surface area (Å²) in [7, 11) is -3.68. The number of anilines is 2. The first-order chi connectivity index (χ1) is 19.0. The Balaban J connectivity index is 2.14. The van der Waals surface area contributed by atoms with Gasteiger partial charge in [-0.05, 0) is 48.9 Å². The molecular weight excluding hydrogens is 548 g/mol. The van der Waals surface area contributed by atoms with Crippen LogP contribution in [0.15, 0.2) is 52.3 Å². The van der Waals surface area contributed by atoms with Gasteiger partial charge in [-0.1, -0.05) is 57.7 Å². The van der Waals surface area contributed by atoms with Gasteiger partial charge in [0.15, 0.2) is 9.84 Å². The lowest BCUT2D eigenvalue weighted by molar-refractivity contribution is -0.139. The lowest BCUT2D eigenvalue weighted by Crippen LogP contribution is -2.38.